The number of nitrogens with zero attached hydrogens (tertiary/aromatic N) is 13. The minimum absolute atomic E-state index is 0.0249. The summed E-state index contributed by atoms with van der Waals surface area (Å²) >= 11 is 33.4. The third-order valence-electron chi connectivity index (χ3n) is 11.3. The molecule has 8 rings (SSSR count). The van der Waals surface area contributed by atoms with E-state index >= 15 is 0 Å². The second-order valence-corrected chi connectivity index (χ2v) is 22.1. The first kappa shape index (κ1) is 154. The lowest BCUT2D eigenvalue weighted by atomic mass is 10.3. The summed E-state index contributed by atoms with van der Waals surface area (Å²) in [4.78, 5) is 170. The molecule has 5 heterocycles. The standard InChI is InChI=1S/C8H5Cl3O3.C8H7N3O3.C8H7NO5.C6H7NO5.C5H7ClN4O.C5H6N2O2.C4H3Cl2N3O.5C4H8O2.C3H5F3O.C2H7N.7CH5N/c1-13-8(12)14-7-3-5(10)4(9)2-6(7)11;1-13-8(12)14-11-7-5-3-2-4-6(7)9-10-11;1-13-8(10)14-7-4-2-6(3-5-7)9(11)12;1-11-6(10)12-7-4(8)2-3-5(7)9;1-7-4-8-3(6)9-5(10-4)11-2;1-9-5(8)7-3-2-6-4-7;1-10-4-8-2(5)7-3(6)9-4;5*1-3-4(5)6-2;1-7-2-3(4,5)6;1-3-2;7*1-2/h2-3H,1H3;2*2-5H,1H3;2-3H2,1H3;1-2H3,(H,7,8,9,10);2-4H,1H3;1H3;5*3H2,1-2H3;2H2,1H3;3H,1-2H3;7*2H2,1H3. The number of methoxy groups -OCH3 is 13. The largest absolute Gasteiger partial charge is 0.534 e. The molecule has 0 saturated carbocycles. The van der Waals surface area contributed by atoms with Crippen LogP contribution in [0.3, 0.4) is 0 Å². The fraction of sp³-hybridized carbons (Fsp3) is 0.487. The van der Waals surface area contributed by atoms with Crippen molar-refractivity contribution in [2.45, 2.75) is 85.7 Å². The molecule has 792 valence electrons. The van der Waals surface area contributed by atoms with Gasteiger partial charge in [0.2, 0.25) is 21.8 Å². The number of carbonyl (C=O) groups excluding carboxylic acids is 12. The Morgan fingerprint density at radius 3 is 1.14 bits per heavy atom. The Bertz CT molecular complexity index is 4110. The fourth-order valence-corrected chi connectivity index (χ4v) is 6.65. The predicted molar refractivity (Wildman–Crippen MR) is 504 cm³/mol. The number of carbonyl (C=O) groups is 12. The Hall–Kier alpha value is -12.7. The molecular formula is C76H129Cl6F3N22O31. The van der Waals surface area contributed by atoms with E-state index in [1.807, 2.05) is 20.2 Å². The number of aromatic nitrogens is 11. The lowest BCUT2D eigenvalue weighted by molar-refractivity contribution is -0.384. The number of fused-ring (bicyclic) bond motifs is 1. The molecule has 3 aromatic carbocycles. The number of ether oxygens (including phenoxy) is 15. The number of hydrogen-bond donors (Lipinski definition) is 9. The number of nitrogens with two attached hydrogens (primary N) is 7. The van der Waals surface area contributed by atoms with Crippen LogP contribution in [-0.4, -0.2) is 313 Å². The predicted octanol–water partition coefficient (Wildman–Crippen LogP) is 9.15. The fourth-order valence-electron chi connectivity index (χ4n) is 5.57. The number of nitro groups is 1. The number of nitrogens with one attached hydrogen (secondary N) is 2. The van der Waals surface area contributed by atoms with Crippen molar-refractivity contribution in [1.29, 1.82) is 0 Å². The van der Waals surface area contributed by atoms with E-state index in [0.29, 0.717) is 54.1 Å². The zero-order chi connectivity index (χ0) is 110. The number of imidazole rings is 1. The number of hydroxylamine groups is 2. The Kier molecular flexibility index (Phi) is 120. The van der Waals surface area contributed by atoms with Gasteiger partial charge in [-0.05, 0) is 134 Å². The number of amides is 2. The maximum Gasteiger partial charge on any atom is 0.534 e. The first-order valence-corrected chi connectivity index (χ1v) is 40.2. The SMILES string of the molecule is CCC(=O)OC.CCC(=O)OC.CCC(=O)OC.CCC(=O)OC.CCC(=O)OC.CN.CN.CN.CN.CN.CN.CN.CNC.CNc1nc(Cl)nc(OC)n1.COC(=O)ON1C(=O)CCC1=O.COC(=O)Oc1cc(Cl)c(Cl)cc1Cl.COC(=O)Oc1ccc([N+](=O)[O-])cc1.COC(=O)On1nnc2ccccc21.COC(=O)n1ccnc1.COCC(F)(F)F.COc1nc(Cl)nc(Cl)n1. The van der Waals surface area contributed by atoms with E-state index in [1.54, 1.807) is 59.9 Å². The van der Waals surface area contributed by atoms with Crippen molar-refractivity contribution < 1.29 is 156 Å². The van der Waals surface area contributed by atoms with Gasteiger partial charge in [-0.3, -0.25) is 53.4 Å². The number of rotatable bonds is 14. The maximum atomic E-state index is 10.9. The quantitative estimate of drug-likeness (QED) is 0.00715. The molecule has 2 amide bonds. The van der Waals surface area contributed by atoms with Crippen molar-refractivity contribution in [3.63, 3.8) is 0 Å². The van der Waals surface area contributed by atoms with E-state index in [9.17, 15) is 80.8 Å². The van der Waals surface area contributed by atoms with E-state index in [4.69, 9.17) is 83.9 Å². The molecule has 1 aliphatic heterocycles. The van der Waals surface area contributed by atoms with E-state index in [-0.39, 0.29) is 103 Å². The molecule has 0 spiro atoms. The summed E-state index contributed by atoms with van der Waals surface area (Å²) in [5.74, 6) is -1.14. The highest BCUT2D eigenvalue weighted by Gasteiger charge is 2.33. The molecular weight excluding hydrogens is 1990 g/mol. The zero-order valence-corrected chi connectivity index (χ0v) is 86.1. The van der Waals surface area contributed by atoms with Crippen molar-refractivity contribution >= 4 is 165 Å². The van der Waals surface area contributed by atoms with Crippen LogP contribution in [0.25, 0.3) is 11.0 Å². The molecule has 62 heteroatoms. The van der Waals surface area contributed by atoms with E-state index in [1.165, 1.54) is 187 Å². The number of alkyl halides is 3. The van der Waals surface area contributed by atoms with Crippen molar-refractivity contribution in [1.82, 2.24) is 65.0 Å². The first-order valence-electron chi connectivity index (χ1n) is 37.9. The van der Waals surface area contributed by atoms with Crippen molar-refractivity contribution in [2.75, 3.05) is 175 Å². The molecule has 16 N–H and O–H groups in total. The van der Waals surface area contributed by atoms with Gasteiger partial charge in [0.1, 0.15) is 29.7 Å². The number of non-ortho nitro benzene ring substituents is 1. The summed E-state index contributed by atoms with van der Waals surface area (Å²) in [7, 11) is 32.7. The molecule has 0 aliphatic carbocycles. The monoisotopic (exact) mass is 2110 g/mol. The van der Waals surface area contributed by atoms with Gasteiger partial charge in [0.15, 0.2) is 5.75 Å². The summed E-state index contributed by atoms with van der Waals surface area (Å²) in [5, 5.41) is 24.4. The van der Waals surface area contributed by atoms with E-state index in [2.05, 4.69) is 162 Å². The molecule has 0 unspecified atom stereocenters. The van der Waals surface area contributed by atoms with Gasteiger partial charge in [-0.2, -0.15) is 43.1 Å². The first-order chi connectivity index (χ1) is 65.5. The number of imide groups is 1. The van der Waals surface area contributed by atoms with Crippen molar-refractivity contribution in [2.24, 2.45) is 40.1 Å². The van der Waals surface area contributed by atoms with E-state index < -0.39 is 60.2 Å². The molecule has 138 heavy (non-hydrogen) atoms. The Morgan fingerprint density at radius 2 is 0.833 bits per heavy atom. The van der Waals surface area contributed by atoms with Crippen LogP contribution in [0.2, 0.25) is 30.9 Å². The summed E-state index contributed by atoms with van der Waals surface area (Å²) in [6, 6.07) is 15.2. The topological polar surface area (TPSA) is 740 Å². The molecule has 1 aliphatic rings. The highest BCUT2D eigenvalue weighted by molar-refractivity contribution is 6.43. The van der Waals surface area contributed by atoms with Gasteiger partial charge in [-0.25, -0.2) is 33.5 Å². The number of hydrogen-bond acceptors (Lipinski definition) is 49. The van der Waals surface area contributed by atoms with Gasteiger partial charge < -0.3 is 122 Å². The van der Waals surface area contributed by atoms with Gasteiger partial charge in [-0.1, -0.05) is 91.5 Å². The van der Waals surface area contributed by atoms with Crippen LogP contribution in [-0.2, 0) is 90.5 Å². The average molecular weight is 2120 g/mol. The van der Waals surface area contributed by atoms with Crippen LogP contribution >= 0.6 is 69.6 Å². The Morgan fingerprint density at radius 1 is 0.471 bits per heavy atom. The number of halogens is 9. The number of benzene rings is 3. The molecule has 53 nitrogen and oxygen atoms in total. The van der Waals surface area contributed by atoms with Gasteiger partial charge >= 0.3 is 78.8 Å². The van der Waals surface area contributed by atoms with Crippen molar-refractivity contribution in [3.05, 3.63) is 120 Å². The molecule has 0 bridgehead atoms. The van der Waals surface area contributed by atoms with Gasteiger partial charge in [0.25, 0.3) is 17.5 Å². The Labute approximate surface area is 826 Å². The van der Waals surface area contributed by atoms with Crippen LogP contribution < -0.4 is 74.6 Å². The molecule has 4 aromatic heterocycles. The highest BCUT2D eigenvalue weighted by Crippen LogP contribution is 2.34. The number of anilines is 1. The molecule has 1 fully saturated rings. The van der Waals surface area contributed by atoms with E-state index in [0.717, 1.165) is 19.1 Å². The maximum absolute atomic E-state index is 10.9. The second-order valence-electron chi connectivity index (χ2n) is 19.8. The molecule has 0 radical (unpaired) electrons. The van der Waals surface area contributed by atoms with Crippen LogP contribution in [0.4, 0.5) is 48.8 Å². The van der Waals surface area contributed by atoms with Gasteiger partial charge in [0.05, 0.1) is 105 Å². The molecule has 1 saturated heterocycles. The normalized spacial score (nSPS) is 9.12. The zero-order valence-electron chi connectivity index (χ0n) is 81.6. The van der Waals surface area contributed by atoms with Crippen LogP contribution in [0.5, 0.6) is 23.5 Å². The molecule has 7 aromatic rings. The number of nitro benzene ring substituents is 1. The lowest BCUT2D eigenvalue weighted by Gasteiger charge is -2.10. The summed E-state index contributed by atoms with van der Waals surface area (Å²) in [6.45, 7) is 7.62. The summed E-state index contributed by atoms with van der Waals surface area (Å²) < 4.78 is 99.2. The van der Waals surface area contributed by atoms with Crippen LogP contribution in [0.15, 0.2) is 79.4 Å². The number of para-hydroxylation sites is 1. The third kappa shape index (κ3) is 92.4. The van der Waals surface area contributed by atoms with Crippen LogP contribution in [0.1, 0.15) is 79.6 Å². The average Bonchev–Trinajstić information content (AvgIpc) is 1.65. The second kappa shape index (κ2) is 108. The summed E-state index contributed by atoms with van der Waals surface area (Å²) in [5.41, 5.74) is 32.7. The number of esters is 5. The van der Waals surface area contributed by atoms with Gasteiger partial charge in [-0.15, -0.1) is 5.10 Å². The minimum Gasteiger partial charge on any atom is -0.469 e. The molecule has 0 atom stereocenters. The smallest absolute Gasteiger partial charge is 0.469 e. The summed E-state index contributed by atoms with van der Waals surface area (Å²) in [6.07, 6.45) is -1.32. The highest BCUT2D eigenvalue weighted by atomic mass is 35.5. The lowest BCUT2D eigenvalue weighted by Crippen LogP contribution is -2.31. The van der Waals surface area contributed by atoms with Crippen molar-refractivity contribution in [3.8, 4) is 23.5 Å². The third-order valence-corrected chi connectivity index (χ3v) is 12.8. The minimum atomic E-state index is -4.17. The van der Waals surface area contributed by atoms with Gasteiger partial charge in [0, 0.05) is 89.7 Å². The Balaban J connectivity index is -0.000000111. The van der Waals surface area contributed by atoms with Crippen LogP contribution in [0, 0.1) is 10.1 Å².